The van der Waals surface area contributed by atoms with E-state index in [0.717, 1.165) is 48.2 Å². The van der Waals surface area contributed by atoms with Crippen LogP contribution in [0.2, 0.25) is 0 Å². The highest BCUT2D eigenvalue weighted by atomic mass is 79.9. The van der Waals surface area contributed by atoms with Gasteiger partial charge in [0.2, 0.25) is 0 Å². The molecule has 136 valence electrons. The van der Waals surface area contributed by atoms with Crippen LogP contribution in [-0.4, -0.2) is 41.2 Å². The molecule has 3 aliphatic heterocycles. The number of nitrogens with one attached hydrogen (secondary N) is 1. The van der Waals surface area contributed by atoms with Crippen molar-refractivity contribution in [3.8, 4) is 0 Å². The number of anilines is 1. The van der Waals surface area contributed by atoms with Gasteiger partial charge in [-0.1, -0.05) is 22.0 Å². The molecule has 1 aromatic heterocycles. The maximum atomic E-state index is 12.5. The Balaban J connectivity index is 1.45. The van der Waals surface area contributed by atoms with Crippen LogP contribution >= 0.6 is 15.9 Å². The number of fused-ring (bicyclic) bond motifs is 3. The molecule has 3 fully saturated rings. The average molecular weight is 416 g/mol. The normalized spacial score (nSPS) is 27.1. The fraction of sp³-hybridized carbons (Fsp3) is 0.400. The number of aromatic nitrogens is 1. The molecule has 0 aliphatic carbocycles. The highest BCUT2D eigenvalue weighted by molar-refractivity contribution is 9.10. The maximum absolute atomic E-state index is 12.5. The summed E-state index contributed by atoms with van der Waals surface area (Å²) in [5.41, 5.74) is 1.78. The molecule has 0 saturated carbocycles. The van der Waals surface area contributed by atoms with Gasteiger partial charge in [-0.25, -0.2) is 4.79 Å². The third-order valence-electron chi connectivity index (χ3n) is 5.37. The van der Waals surface area contributed by atoms with Gasteiger partial charge in [0.05, 0.1) is 6.04 Å². The van der Waals surface area contributed by atoms with E-state index in [1.54, 1.807) is 0 Å². The lowest BCUT2D eigenvalue weighted by atomic mass is 9.79. The highest BCUT2D eigenvalue weighted by Gasteiger charge is 2.44. The minimum atomic E-state index is -0.378. The van der Waals surface area contributed by atoms with E-state index in [2.05, 4.69) is 31.1 Å². The van der Waals surface area contributed by atoms with Gasteiger partial charge in [-0.3, -0.25) is 15.2 Å². The second-order valence-electron chi connectivity index (χ2n) is 6.97. The van der Waals surface area contributed by atoms with Crippen LogP contribution in [0.4, 0.5) is 10.5 Å². The summed E-state index contributed by atoms with van der Waals surface area (Å²) >= 11 is 3.40. The van der Waals surface area contributed by atoms with Gasteiger partial charge in [-0.05, 0) is 62.3 Å². The molecule has 5 rings (SSSR count). The predicted molar refractivity (Wildman–Crippen MR) is 104 cm³/mol. The number of piperidine rings is 3. The smallest absolute Gasteiger partial charge is 0.411 e. The van der Waals surface area contributed by atoms with Crippen molar-refractivity contribution in [1.82, 2.24) is 9.88 Å². The number of halogens is 1. The summed E-state index contributed by atoms with van der Waals surface area (Å²) < 4.78 is 6.89. The van der Waals surface area contributed by atoms with Gasteiger partial charge in [0.15, 0.2) is 0 Å². The Bertz CT molecular complexity index is 745. The maximum Gasteiger partial charge on any atom is 0.411 e. The van der Waals surface area contributed by atoms with Crippen LogP contribution in [0.15, 0.2) is 53.1 Å². The van der Waals surface area contributed by atoms with Crippen LogP contribution in [0.5, 0.6) is 0 Å². The minimum absolute atomic E-state index is 0.0880. The molecule has 26 heavy (non-hydrogen) atoms. The molecule has 2 atom stereocenters. The molecule has 3 saturated heterocycles. The molecular formula is C20H22BrN3O2. The van der Waals surface area contributed by atoms with Crippen molar-refractivity contribution < 1.29 is 9.53 Å². The van der Waals surface area contributed by atoms with E-state index in [-0.39, 0.29) is 18.2 Å². The molecule has 0 unspecified atom stereocenters. The van der Waals surface area contributed by atoms with Crippen molar-refractivity contribution in [3.63, 3.8) is 0 Å². The number of hydrogen-bond acceptors (Lipinski definition) is 4. The van der Waals surface area contributed by atoms with E-state index in [9.17, 15) is 4.79 Å². The second-order valence-corrected chi connectivity index (χ2v) is 7.88. The van der Waals surface area contributed by atoms with Gasteiger partial charge in [0, 0.05) is 34.4 Å². The van der Waals surface area contributed by atoms with E-state index in [0.29, 0.717) is 5.92 Å². The molecule has 1 aromatic carbocycles. The molecule has 5 nitrogen and oxygen atoms in total. The molecule has 1 N–H and O–H groups in total. The van der Waals surface area contributed by atoms with Crippen molar-refractivity contribution in [1.29, 1.82) is 0 Å². The van der Waals surface area contributed by atoms with E-state index in [1.165, 1.54) is 0 Å². The first-order chi connectivity index (χ1) is 12.7. The summed E-state index contributed by atoms with van der Waals surface area (Å²) in [6.07, 6.45) is 4.35. The largest absolute Gasteiger partial charge is 0.444 e. The van der Waals surface area contributed by atoms with Gasteiger partial charge in [0.1, 0.15) is 6.10 Å². The number of hydrogen-bond donors (Lipinski definition) is 1. The van der Waals surface area contributed by atoms with Crippen LogP contribution in [0.1, 0.15) is 18.5 Å². The van der Waals surface area contributed by atoms with Crippen LogP contribution in [-0.2, 0) is 11.2 Å². The predicted octanol–water partition coefficient (Wildman–Crippen LogP) is 4.10. The molecule has 2 bridgehead atoms. The van der Waals surface area contributed by atoms with E-state index < -0.39 is 0 Å². The number of amides is 1. The van der Waals surface area contributed by atoms with Gasteiger partial charge >= 0.3 is 6.09 Å². The van der Waals surface area contributed by atoms with Crippen LogP contribution in [0.3, 0.4) is 0 Å². The number of benzene rings is 1. The standard InChI is InChI=1S/C20H22BrN3O2/c21-15-4-6-16(7-5-15)23-20(25)26-19-14-8-11-24(12-9-14)18(19)13-17-3-1-2-10-22-17/h1-7,10,14,18-19H,8-9,11-13H2,(H,23,25)/t18-,19-/m1/s1. The van der Waals surface area contributed by atoms with Crippen LogP contribution in [0, 0.1) is 5.92 Å². The third-order valence-corrected chi connectivity index (χ3v) is 5.89. The van der Waals surface area contributed by atoms with Crippen LogP contribution < -0.4 is 5.32 Å². The summed E-state index contributed by atoms with van der Waals surface area (Å²) in [5.74, 6) is 0.435. The number of carbonyl (C=O) groups is 1. The number of ether oxygens (including phenoxy) is 1. The van der Waals surface area contributed by atoms with Crippen molar-refractivity contribution in [2.75, 3.05) is 18.4 Å². The molecule has 1 amide bonds. The minimum Gasteiger partial charge on any atom is -0.444 e. The Morgan fingerprint density at radius 1 is 1.19 bits per heavy atom. The van der Waals surface area contributed by atoms with Crippen molar-refractivity contribution in [2.45, 2.75) is 31.4 Å². The Morgan fingerprint density at radius 2 is 1.96 bits per heavy atom. The number of carbonyl (C=O) groups excluding carboxylic acids is 1. The molecule has 2 aromatic rings. The summed E-state index contributed by atoms with van der Waals surface area (Å²) in [6, 6.07) is 13.7. The lowest BCUT2D eigenvalue weighted by molar-refractivity contribution is -0.0743. The summed E-state index contributed by atoms with van der Waals surface area (Å²) in [5, 5.41) is 2.84. The van der Waals surface area contributed by atoms with E-state index >= 15 is 0 Å². The zero-order valence-electron chi connectivity index (χ0n) is 14.5. The zero-order valence-corrected chi connectivity index (χ0v) is 16.1. The fourth-order valence-corrected chi connectivity index (χ4v) is 4.32. The van der Waals surface area contributed by atoms with Crippen molar-refractivity contribution in [3.05, 3.63) is 58.8 Å². The average Bonchev–Trinajstić information content (AvgIpc) is 2.67. The first kappa shape index (κ1) is 17.5. The quantitative estimate of drug-likeness (QED) is 0.816. The lowest BCUT2D eigenvalue weighted by Gasteiger charge is -2.50. The number of nitrogens with zero attached hydrogens (tertiary/aromatic N) is 2. The molecule has 0 spiro atoms. The summed E-state index contributed by atoms with van der Waals surface area (Å²) in [4.78, 5) is 19.4. The van der Waals surface area contributed by atoms with Gasteiger partial charge < -0.3 is 4.74 Å². The first-order valence-corrected chi connectivity index (χ1v) is 9.85. The second kappa shape index (κ2) is 7.76. The first-order valence-electron chi connectivity index (χ1n) is 9.06. The van der Waals surface area contributed by atoms with E-state index in [1.807, 2.05) is 48.7 Å². The summed E-state index contributed by atoms with van der Waals surface area (Å²) in [7, 11) is 0. The Morgan fingerprint density at radius 3 is 2.65 bits per heavy atom. The number of pyridine rings is 1. The van der Waals surface area contributed by atoms with Crippen molar-refractivity contribution >= 4 is 27.7 Å². The molecule has 3 aliphatic rings. The monoisotopic (exact) mass is 415 g/mol. The molecule has 6 heteroatoms. The van der Waals surface area contributed by atoms with Crippen LogP contribution in [0.25, 0.3) is 0 Å². The summed E-state index contributed by atoms with van der Waals surface area (Å²) in [6.45, 7) is 2.16. The van der Waals surface area contributed by atoms with Gasteiger partial charge in [0.25, 0.3) is 0 Å². The molecular weight excluding hydrogens is 394 g/mol. The Kier molecular flexibility index (Phi) is 5.22. The van der Waals surface area contributed by atoms with Gasteiger partial charge in [-0.2, -0.15) is 0 Å². The lowest BCUT2D eigenvalue weighted by Crippen LogP contribution is -2.60. The molecule has 0 radical (unpaired) electrons. The zero-order chi connectivity index (χ0) is 17.9. The third kappa shape index (κ3) is 3.91. The van der Waals surface area contributed by atoms with Gasteiger partial charge in [-0.15, -0.1) is 0 Å². The topological polar surface area (TPSA) is 54.5 Å². The van der Waals surface area contributed by atoms with E-state index in [4.69, 9.17) is 4.74 Å². The molecule has 4 heterocycles. The van der Waals surface area contributed by atoms with Crippen molar-refractivity contribution in [2.24, 2.45) is 5.92 Å². The Labute approximate surface area is 161 Å². The highest BCUT2D eigenvalue weighted by Crippen LogP contribution is 2.36. The Hall–Kier alpha value is -1.92. The SMILES string of the molecule is O=C(Nc1ccc(Br)cc1)O[C@@H]1C2CCN(CC2)[C@@H]1Cc1ccccn1. The fourth-order valence-electron chi connectivity index (χ4n) is 4.06. The number of rotatable bonds is 4.